The molecule has 0 saturated heterocycles. The second kappa shape index (κ2) is 11.8. The average Bonchev–Trinajstić information content (AvgIpc) is 3.57. The van der Waals surface area contributed by atoms with Crippen LogP contribution in [0.1, 0.15) is 0 Å². The Kier molecular flexibility index (Phi) is 6.59. The molecule has 0 fully saturated rings. The number of hydrogen-bond donors (Lipinski definition) is 0. The summed E-state index contributed by atoms with van der Waals surface area (Å²) in [5, 5.41) is 12.5. The summed E-state index contributed by atoms with van der Waals surface area (Å²) in [5.74, 6) is 0. The first-order chi connectivity index (χ1) is 26.3. The van der Waals surface area contributed by atoms with E-state index in [2.05, 4.69) is 187 Å². The zero-order valence-electron chi connectivity index (χ0n) is 28.9. The molecule has 0 radical (unpaired) electrons. The van der Waals surface area contributed by atoms with Gasteiger partial charge in [-0.25, -0.2) is 0 Å². The topological polar surface area (TPSA) is 17.8 Å². The monoisotopic (exact) mass is 672 g/mol. The van der Waals surface area contributed by atoms with Crippen molar-refractivity contribution < 1.29 is 0 Å². The van der Waals surface area contributed by atoms with E-state index in [1.807, 2.05) is 12.3 Å². The van der Waals surface area contributed by atoms with E-state index < -0.39 is 0 Å². The van der Waals surface area contributed by atoms with Gasteiger partial charge in [-0.05, 0) is 97.0 Å². The van der Waals surface area contributed by atoms with Gasteiger partial charge in [-0.1, -0.05) is 146 Å². The highest BCUT2D eigenvalue weighted by Gasteiger charge is 2.18. The SMILES string of the molecule is c1ccc(-c2ccc3c4ccc5cc(-c6cccc(-c7cc8ccccc8c8ccccc78)c6)ccc5c4n(-c4cccc5ccccc45)c3c2)nc1. The van der Waals surface area contributed by atoms with Gasteiger partial charge < -0.3 is 4.57 Å². The van der Waals surface area contributed by atoms with Crippen molar-refractivity contribution in [2.75, 3.05) is 0 Å². The van der Waals surface area contributed by atoms with Crippen molar-refractivity contribution in [3.63, 3.8) is 0 Å². The van der Waals surface area contributed by atoms with Crippen LogP contribution in [0.25, 0.3) is 104 Å². The Labute approximate surface area is 306 Å². The van der Waals surface area contributed by atoms with Crippen LogP contribution in [0.2, 0.25) is 0 Å². The summed E-state index contributed by atoms with van der Waals surface area (Å²) in [6.45, 7) is 0. The van der Waals surface area contributed by atoms with E-state index in [1.54, 1.807) is 0 Å². The summed E-state index contributed by atoms with van der Waals surface area (Å²) >= 11 is 0. The molecule has 53 heavy (non-hydrogen) atoms. The van der Waals surface area contributed by atoms with Gasteiger partial charge in [0, 0.05) is 33.3 Å². The van der Waals surface area contributed by atoms with Gasteiger partial charge in [-0.3, -0.25) is 4.98 Å². The standard InChI is InChI=1S/C51H32N2/c1-4-17-41-33(11-1)13-10-21-49(41)53-50-32-39(48-20-7-8-28-52-48)24-26-45(50)46-27-23-38-30-35(22-25-42(38)51(46)53)34-14-9-15-36(29-34)47-31-37-12-2-3-16-40(37)43-18-5-6-19-44(43)47/h1-32H. The lowest BCUT2D eigenvalue weighted by atomic mass is 9.91. The van der Waals surface area contributed by atoms with Crippen molar-refractivity contribution in [3.8, 4) is 39.2 Å². The molecule has 2 aromatic heterocycles. The molecular formula is C51H32N2. The maximum absolute atomic E-state index is 4.69. The quantitative estimate of drug-likeness (QED) is 0.170. The van der Waals surface area contributed by atoms with Crippen molar-refractivity contribution in [1.82, 2.24) is 9.55 Å². The largest absolute Gasteiger partial charge is 0.308 e. The normalized spacial score (nSPS) is 11.8. The molecule has 246 valence electrons. The molecule has 0 atom stereocenters. The Morgan fingerprint density at radius 3 is 1.89 bits per heavy atom. The maximum Gasteiger partial charge on any atom is 0.0702 e. The highest BCUT2D eigenvalue weighted by molar-refractivity contribution is 6.20. The predicted octanol–water partition coefficient (Wildman–Crippen LogP) is 13.8. The summed E-state index contributed by atoms with van der Waals surface area (Å²) in [5.41, 5.74) is 10.5. The number of fused-ring (bicyclic) bond motifs is 9. The first-order valence-electron chi connectivity index (χ1n) is 18.2. The van der Waals surface area contributed by atoms with Gasteiger partial charge in [0.1, 0.15) is 0 Å². The number of benzene rings is 9. The summed E-state index contributed by atoms with van der Waals surface area (Å²) in [6, 6.07) is 68.6. The van der Waals surface area contributed by atoms with E-state index in [0.29, 0.717) is 0 Å². The molecule has 11 rings (SSSR count). The molecule has 11 aromatic rings. The first-order valence-corrected chi connectivity index (χ1v) is 18.2. The van der Waals surface area contributed by atoms with Crippen LogP contribution in [0.4, 0.5) is 0 Å². The summed E-state index contributed by atoms with van der Waals surface area (Å²) in [4.78, 5) is 4.69. The van der Waals surface area contributed by atoms with E-state index in [1.165, 1.54) is 92.8 Å². The molecule has 0 saturated carbocycles. The molecule has 0 N–H and O–H groups in total. The lowest BCUT2D eigenvalue weighted by molar-refractivity contribution is 1.20. The molecule has 0 unspecified atom stereocenters. The van der Waals surface area contributed by atoms with Crippen LogP contribution < -0.4 is 0 Å². The van der Waals surface area contributed by atoms with Crippen LogP contribution in [-0.4, -0.2) is 9.55 Å². The fourth-order valence-electron chi connectivity index (χ4n) is 8.52. The van der Waals surface area contributed by atoms with Gasteiger partial charge in [0.25, 0.3) is 0 Å². The highest BCUT2D eigenvalue weighted by atomic mass is 15.0. The molecule has 0 amide bonds. The molecule has 0 aliphatic rings. The van der Waals surface area contributed by atoms with Crippen LogP contribution in [-0.2, 0) is 0 Å². The minimum Gasteiger partial charge on any atom is -0.308 e. The smallest absolute Gasteiger partial charge is 0.0702 e. The molecule has 2 heteroatoms. The first kappa shape index (κ1) is 29.7. The molecule has 0 aliphatic heterocycles. The summed E-state index contributed by atoms with van der Waals surface area (Å²) in [6.07, 6.45) is 1.87. The fraction of sp³-hybridized carbons (Fsp3) is 0. The molecule has 9 aromatic carbocycles. The van der Waals surface area contributed by atoms with Crippen LogP contribution in [0.15, 0.2) is 194 Å². The van der Waals surface area contributed by atoms with Crippen molar-refractivity contribution >= 4 is 64.9 Å². The van der Waals surface area contributed by atoms with Crippen LogP contribution >= 0.6 is 0 Å². The number of aromatic nitrogens is 2. The van der Waals surface area contributed by atoms with Gasteiger partial charge in [-0.2, -0.15) is 0 Å². The number of rotatable bonds is 4. The van der Waals surface area contributed by atoms with Crippen LogP contribution in [0.3, 0.4) is 0 Å². The molecule has 2 nitrogen and oxygen atoms in total. The molecule has 0 aliphatic carbocycles. The van der Waals surface area contributed by atoms with Crippen LogP contribution in [0.5, 0.6) is 0 Å². The Morgan fingerprint density at radius 2 is 1.00 bits per heavy atom. The second-order valence-corrected chi connectivity index (χ2v) is 13.9. The number of pyridine rings is 1. The maximum atomic E-state index is 4.69. The number of hydrogen-bond acceptors (Lipinski definition) is 1. The molecule has 2 heterocycles. The van der Waals surface area contributed by atoms with E-state index >= 15 is 0 Å². The fourth-order valence-corrected chi connectivity index (χ4v) is 8.52. The van der Waals surface area contributed by atoms with E-state index in [4.69, 9.17) is 4.98 Å². The van der Waals surface area contributed by atoms with Crippen molar-refractivity contribution in [3.05, 3.63) is 194 Å². The van der Waals surface area contributed by atoms with Gasteiger partial charge >= 0.3 is 0 Å². The minimum atomic E-state index is 0.970. The van der Waals surface area contributed by atoms with E-state index in [9.17, 15) is 0 Å². The van der Waals surface area contributed by atoms with Crippen molar-refractivity contribution in [2.24, 2.45) is 0 Å². The van der Waals surface area contributed by atoms with Gasteiger partial charge in [-0.15, -0.1) is 0 Å². The highest BCUT2D eigenvalue weighted by Crippen LogP contribution is 2.41. The van der Waals surface area contributed by atoms with Crippen molar-refractivity contribution in [2.45, 2.75) is 0 Å². The Balaban J connectivity index is 1.13. The van der Waals surface area contributed by atoms with Gasteiger partial charge in [0.05, 0.1) is 22.4 Å². The van der Waals surface area contributed by atoms with Crippen molar-refractivity contribution in [1.29, 1.82) is 0 Å². The minimum absolute atomic E-state index is 0.970. The van der Waals surface area contributed by atoms with Gasteiger partial charge in [0.2, 0.25) is 0 Å². The van der Waals surface area contributed by atoms with E-state index in [-0.39, 0.29) is 0 Å². The predicted molar refractivity (Wildman–Crippen MR) is 225 cm³/mol. The van der Waals surface area contributed by atoms with E-state index in [0.717, 1.165) is 11.3 Å². The third kappa shape index (κ3) is 4.70. The molecule has 0 bridgehead atoms. The summed E-state index contributed by atoms with van der Waals surface area (Å²) < 4.78 is 2.48. The average molecular weight is 673 g/mol. The van der Waals surface area contributed by atoms with Gasteiger partial charge in [0.15, 0.2) is 0 Å². The second-order valence-electron chi connectivity index (χ2n) is 13.9. The third-order valence-corrected chi connectivity index (χ3v) is 11.0. The lowest BCUT2D eigenvalue weighted by Crippen LogP contribution is -1.96. The summed E-state index contributed by atoms with van der Waals surface area (Å²) in [7, 11) is 0. The molecular weight excluding hydrogens is 641 g/mol. The zero-order chi connectivity index (χ0) is 34.9. The Bertz CT molecular complexity index is 3220. The lowest BCUT2D eigenvalue weighted by Gasteiger charge is -2.14. The Morgan fingerprint density at radius 1 is 0.340 bits per heavy atom. The Hall–Kier alpha value is -7.03. The molecule has 0 spiro atoms. The third-order valence-electron chi connectivity index (χ3n) is 11.0. The number of nitrogens with zero attached hydrogens (tertiary/aromatic N) is 2. The van der Waals surface area contributed by atoms with Crippen LogP contribution in [0, 0.1) is 0 Å². The zero-order valence-corrected chi connectivity index (χ0v) is 28.9.